The topological polar surface area (TPSA) is 46.2 Å². The van der Waals surface area contributed by atoms with Crippen LogP contribution < -0.4 is 10.2 Å². The minimum absolute atomic E-state index is 0.0126. The van der Waals surface area contributed by atoms with Gasteiger partial charge in [0, 0.05) is 23.3 Å². The predicted molar refractivity (Wildman–Crippen MR) is 126 cm³/mol. The Morgan fingerprint density at radius 1 is 1.03 bits per heavy atom. The van der Waals surface area contributed by atoms with Gasteiger partial charge in [-0.15, -0.1) is 0 Å². The lowest BCUT2D eigenvalue weighted by atomic mass is 9.96. The quantitative estimate of drug-likeness (QED) is 0.436. The molecule has 1 aromatic carbocycles. The van der Waals surface area contributed by atoms with Gasteiger partial charge in [-0.25, -0.2) is 0 Å². The van der Waals surface area contributed by atoms with Crippen molar-refractivity contribution >= 4 is 23.0 Å². The molecule has 5 nitrogen and oxygen atoms in total. The molecule has 1 N–H and O–H groups in total. The normalized spacial score (nSPS) is 18.4. The van der Waals surface area contributed by atoms with Crippen molar-refractivity contribution in [2.24, 2.45) is 0 Å². The maximum Gasteiger partial charge on any atom is 0.174 e. The lowest BCUT2D eigenvalue weighted by Crippen LogP contribution is -2.29. The first-order valence-electron chi connectivity index (χ1n) is 10.4. The third-order valence-electron chi connectivity index (χ3n) is 5.96. The summed E-state index contributed by atoms with van der Waals surface area (Å²) in [7, 11) is 0. The van der Waals surface area contributed by atoms with E-state index in [2.05, 4.69) is 57.9 Å². The van der Waals surface area contributed by atoms with Gasteiger partial charge in [0.1, 0.15) is 5.76 Å². The van der Waals surface area contributed by atoms with Gasteiger partial charge in [-0.3, -0.25) is 4.98 Å². The van der Waals surface area contributed by atoms with E-state index >= 15 is 0 Å². The molecule has 156 valence electrons. The van der Waals surface area contributed by atoms with E-state index < -0.39 is 0 Å². The fourth-order valence-corrected chi connectivity index (χ4v) is 4.81. The maximum absolute atomic E-state index is 5.82. The second-order valence-corrected chi connectivity index (χ2v) is 8.21. The van der Waals surface area contributed by atoms with Gasteiger partial charge in [-0.1, -0.05) is 24.3 Å². The highest BCUT2D eigenvalue weighted by molar-refractivity contribution is 7.80. The van der Waals surface area contributed by atoms with Crippen molar-refractivity contribution in [2.75, 3.05) is 4.90 Å². The Hall–Kier alpha value is -3.38. The van der Waals surface area contributed by atoms with Crippen LogP contribution in [0.5, 0.6) is 0 Å². The zero-order valence-corrected chi connectivity index (χ0v) is 18.3. The molecule has 0 aliphatic carbocycles. The van der Waals surface area contributed by atoms with Gasteiger partial charge in [-0.2, -0.15) is 0 Å². The van der Waals surface area contributed by atoms with Gasteiger partial charge in [0.15, 0.2) is 5.11 Å². The number of nitrogens with one attached hydrogen (secondary N) is 1. The number of rotatable bonds is 5. The molecule has 0 radical (unpaired) electrons. The molecular formula is C25H24N4OS. The summed E-state index contributed by atoms with van der Waals surface area (Å²) in [6.45, 7) is 5.02. The van der Waals surface area contributed by atoms with Crippen LogP contribution in [0.3, 0.4) is 0 Å². The Balaban J connectivity index is 1.63. The number of hydrogen-bond donors (Lipinski definition) is 1. The van der Waals surface area contributed by atoms with Gasteiger partial charge < -0.3 is 19.2 Å². The fraction of sp³-hybridized carbons (Fsp3) is 0.200. The summed E-state index contributed by atoms with van der Waals surface area (Å²) in [6, 6.07) is 22.5. The summed E-state index contributed by atoms with van der Waals surface area (Å²) >= 11 is 5.82. The van der Waals surface area contributed by atoms with E-state index in [4.69, 9.17) is 16.6 Å². The summed E-state index contributed by atoms with van der Waals surface area (Å²) in [5.41, 5.74) is 5.67. The summed E-state index contributed by atoms with van der Waals surface area (Å²) in [5, 5.41) is 4.25. The molecule has 0 spiro atoms. The molecule has 31 heavy (non-hydrogen) atoms. The number of furan rings is 1. The lowest BCUT2D eigenvalue weighted by molar-refractivity contribution is 0.488. The van der Waals surface area contributed by atoms with Crippen LogP contribution >= 0.6 is 12.2 Å². The van der Waals surface area contributed by atoms with E-state index in [1.54, 1.807) is 6.26 Å². The Labute approximate surface area is 187 Å². The number of pyridine rings is 1. The van der Waals surface area contributed by atoms with E-state index in [9.17, 15) is 0 Å². The number of para-hydroxylation sites is 1. The van der Waals surface area contributed by atoms with Crippen LogP contribution in [0.25, 0.3) is 0 Å². The average molecular weight is 429 g/mol. The van der Waals surface area contributed by atoms with Gasteiger partial charge >= 0.3 is 0 Å². The molecule has 1 aliphatic heterocycles. The lowest BCUT2D eigenvalue weighted by Gasteiger charge is -2.28. The third-order valence-corrected chi connectivity index (χ3v) is 6.27. The third kappa shape index (κ3) is 3.53. The van der Waals surface area contributed by atoms with Crippen molar-refractivity contribution in [1.29, 1.82) is 0 Å². The first-order valence-corrected chi connectivity index (χ1v) is 10.8. The highest BCUT2D eigenvalue weighted by atomic mass is 32.1. The fourth-order valence-electron chi connectivity index (χ4n) is 4.47. The number of benzene rings is 1. The van der Waals surface area contributed by atoms with E-state index in [0.29, 0.717) is 11.7 Å². The monoisotopic (exact) mass is 428 g/mol. The standard InChI is InChI=1S/C25H24N4OS/c1-17-15-21(18(2)28(17)16-20-11-8-14-30-20)24-23(22-12-6-7-13-26-22)27-25(31)29(24)19-9-4-3-5-10-19/h3-15,23-24H,16H2,1-2H3,(H,27,31). The number of aromatic nitrogens is 2. The Bertz CT molecular complexity index is 1190. The largest absolute Gasteiger partial charge is 0.467 e. The number of aryl methyl sites for hydroxylation is 1. The minimum atomic E-state index is -0.0496. The van der Waals surface area contributed by atoms with Crippen LogP contribution in [-0.2, 0) is 6.54 Å². The molecule has 1 saturated heterocycles. The second-order valence-electron chi connectivity index (χ2n) is 7.82. The molecular weight excluding hydrogens is 404 g/mol. The molecule has 6 heteroatoms. The molecule has 5 rings (SSSR count). The van der Waals surface area contributed by atoms with Crippen LogP contribution in [0.2, 0.25) is 0 Å². The highest BCUT2D eigenvalue weighted by Crippen LogP contribution is 2.43. The Kier molecular flexibility index (Phi) is 5.08. The molecule has 4 heterocycles. The van der Waals surface area contributed by atoms with Crippen LogP contribution in [0.15, 0.2) is 83.6 Å². The average Bonchev–Trinajstić information content (AvgIpc) is 3.50. The summed E-state index contributed by atoms with van der Waals surface area (Å²) < 4.78 is 7.91. The van der Waals surface area contributed by atoms with Gasteiger partial charge in [-0.05, 0) is 74.1 Å². The number of hydrogen-bond acceptors (Lipinski definition) is 3. The van der Waals surface area contributed by atoms with E-state index in [-0.39, 0.29) is 12.1 Å². The van der Waals surface area contributed by atoms with E-state index in [1.807, 2.05) is 48.7 Å². The molecule has 3 aromatic heterocycles. The number of thiocarbonyl (C=S) groups is 1. The first kappa shape index (κ1) is 19.6. The van der Waals surface area contributed by atoms with Crippen LogP contribution in [0.4, 0.5) is 5.69 Å². The maximum atomic E-state index is 5.82. The van der Waals surface area contributed by atoms with Crippen molar-refractivity contribution in [3.63, 3.8) is 0 Å². The van der Waals surface area contributed by atoms with Crippen molar-refractivity contribution in [1.82, 2.24) is 14.9 Å². The Morgan fingerprint density at radius 2 is 1.84 bits per heavy atom. The van der Waals surface area contributed by atoms with Crippen molar-refractivity contribution in [3.05, 3.63) is 108 Å². The summed E-state index contributed by atoms with van der Waals surface area (Å²) in [6.07, 6.45) is 3.56. The van der Waals surface area contributed by atoms with Crippen LogP contribution in [-0.4, -0.2) is 14.7 Å². The molecule has 2 unspecified atom stereocenters. The first-order chi connectivity index (χ1) is 15.1. The summed E-state index contributed by atoms with van der Waals surface area (Å²) in [5.74, 6) is 0.939. The number of anilines is 1. The highest BCUT2D eigenvalue weighted by Gasteiger charge is 2.42. The van der Waals surface area contributed by atoms with Crippen LogP contribution in [0, 0.1) is 13.8 Å². The molecule has 0 saturated carbocycles. The molecule has 2 atom stereocenters. The van der Waals surface area contributed by atoms with Gasteiger partial charge in [0.05, 0.1) is 30.6 Å². The smallest absolute Gasteiger partial charge is 0.174 e. The van der Waals surface area contributed by atoms with Crippen molar-refractivity contribution < 1.29 is 4.42 Å². The van der Waals surface area contributed by atoms with E-state index in [0.717, 1.165) is 17.1 Å². The molecule has 0 bridgehead atoms. The summed E-state index contributed by atoms with van der Waals surface area (Å²) in [4.78, 5) is 6.86. The second kappa shape index (κ2) is 8.04. The zero-order chi connectivity index (χ0) is 21.4. The molecule has 1 fully saturated rings. The zero-order valence-electron chi connectivity index (χ0n) is 17.5. The molecule has 1 aliphatic rings. The number of nitrogens with zero attached hydrogens (tertiary/aromatic N) is 3. The minimum Gasteiger partial charge on any atom is -0.467 e. The van der Waals surface area contributed by atoms with Crippen molar-refractivity contribution in [2.45, 2.75) is 32.5 Å². The molecule has 0 amide bonds. The van der Waals surface area contributed by atoms with Crippen molar-refractivity contribution in [3.8, 4) is 0 Å². The van der Waals surface area contributed by atoms with Gasteiger partial charge in [0.25, 0.3) is 0 Å². The van der Waals surface area contributed by atoms with E-state index in [1.165, 1.54) is 17.0 Å². The van der Waals surface area contributed by atoms with Crippen LogP contribution in [0.1, 0.15) is 40.5 Å². The SMILES string of the molecule is Cc1cc(C2C(c3ccccn3)NC(=S)N2c2ccccc2)c(C)n1Cc1ccco1. The predicted octanol–water partition coefficient (Wildman–Crippen LogP) is 5.32. The molecule has 4 aromatic rings. The Morgan fingerprint density at radius 3 is 2.55 bits per heavy atom. The van der Waals surface area contributed by atoms with Gasteiger partial charge in [0.2, 0.25) is 0 Å².